The second kappa shape index (κ2) is 6.55. The summed E-state index contributed by atoms with van der Waals surface area (Å²) in [6.45, 7) is 7.60. The monoisotopic (exact) mass is 281 g/mol. The molecule has 0 aliphatic heterocycles. The van der Waals surface area contributed by atoms with Gasteiger partial charge in [-0.25, -0.2) is 4.39 Å². The lowest BCUT2D eigenvalue weighted by molar-refractivity contribution is -0.0163. The summed E-state index contributed by atoms with van der Waals surface area (Å²) in [4.78, 5) is 0. The fourth-order valence-electron chi connectivity index (χ4n) is 1.86. The number of rotatable bonds is 7. The van der Waals surface area contributed by atoms with E-state index >= 15 is 0 Å². The third-order valence-electron chi connectivity index (χ3n) is 2.99. The van der Waals surface area contributed by atoms with Gasteiger partial charge in [-0.3, -0.25) is 0 Å². The molecule has 1 saturated carbocycles. The lowest BCUT2D eigenvalue weighted by atomic mass is 10.2. The molecule has 0 radical (unpaired) electrons. The average Bonchev–Trinajstić information content (AvgIpc) is 3.14. The Balaban J connectivity index is 1.80. The predicted octanol–water partition coefficient (Wildman–Crippen LogP) is 3.27. The minimum atomic E-state index is -0.258. The Kier molecular flexibility index (Phi) is 5.00. The lowest BCUT2D eigenvalue weighted by Gasteiger charge is -2.19. The van der Waals surface area contributed by atoms with Crippen LogP contribution in [0, 0.1) is 5.82 Å². The summed E-state index contributed by atoms with van der Waals surface area (Å²) >= 11 is 0. The molecule has 0 bridgehead atoms. The van der Waals surface area contributed by atoms with Gasteiger partial charge in [-0.2, -0.15) is 0 Å². The van der Waals surface area contributed by atoms with Crippen molar-refractivity contribution in [2.75, 3.05) is 13.2 Å². The molecule has 1 aliphatic carbocycles. The smallest absolute Gasteiger partial charge is 0.127 e. The summed E-state index contributed by atoms with van der Waals surface area (Å²) < 4.78 is 24.6. The van der Waals surface area contributed by atoms with Crippen LogP contribution in [0.25, 0.3) is 0 Å². The van der Waals surface area contributed by atoms with E-state index in [0.29, 0.717) is 31.5 Å². The Labute approximate surface area is 120 Å². The van der Waals surface area contributed by atoms with E-state index in [4.69, 9.17) is 9.47 Å². The van der Waals surface area contributed by atoms with E-state index in [1.54, 1.807) is 6.07 Å². The van der Waals surface area contributed by atoms with Gasteiger partial charge in [-0.1, -0.05) is 0 Å². The highest BCUT2D eigenvalue weighted by Gasteiger charge is 2.20. The van der Waals surface area contributed by atoms with E-state index in [2.05, 4.69) is 5.32 Å². The van der Waals surface area contributed by atoms with Gasteiger partial charge in [0.05, 0.1) is 12.2 Å². The molecule has 3 nitrogen and oxygen atoms in total. The first-order valence-corrected chi connectivity index (χ1v) is 7.22. The number of benzene rings is 1. The molecule has 112 valence electrons. The van der Waals surface area contributed by atoms with Crippen molar-refractivity contribution in [3.63, 3.8) is 0 Å². The zero-order chi connectivity index (χ0) is 14.6. The summed E-state index contributed by atoms with van der Waals surface area (Å²) in [5.74, 6) is 0.307. The summed E-state index contributed by atoms with van der Waals surface area (Å²) in [7, 11) is 0. The van der Waals surface area contributed by atoms with Crippen LogP contribution in [0.1, 0.15) is 39.2 Å². The fourth-order valence-corrected chi connectivity index (χ4v) is 1.86. The molecule has 0 unspecified atom stereocenters. The molecular weight excluding hydrogens is 257 g/mol. The summed E-state index contributed by atoms with van der Waals surface area (Å²) in [5, 5.41) is 3.37. The molecule has 1 aliphatic rings. The van der Waals surface area contributed by atoms with Crippen LogP contribution in [0.5, 0.6) is 5.75 Å². The van der Waals surface area contributed by atoms with Crippen LogP contribution in [0.2, 0.25) is 0 Å². The van der Waals surface area contributed by atoms with Crippen molar-refractivity contribution in [3.05, 3.63) is 29.6 Å². The van der Waals surface area contributed by atoms with Gasteiger partial charge in [-0.05, 0) is 51.3 Å². The van der Waals surface area contributed by atoms with E-state index in [0.717, 1.165) is 5.56 Å². The molecule has 1 aromatic carbocycles. The zero-order valence-electron chi connectivity index (χ0n) is 12.5. The molecule has 0 saturated heterocycles. The number of nitrogens with one attached hydrogen (secondary N) is 1. The largest absolute Gasteiger partial charge is 0.491 e. The molecule has 1 fully saturated rings. The van der Waals surface area contributed by atoms with Gasteiger partial charge in [0, 0.05) is 18.7 Å². The Hall–Kier alpha value is -1.13. The predicted molar refractivity (Wildman–Crippen MR) is 77.5 cm³/mol. The Morgan fingerprint density at radius 1 is 1.20 bits per heavy atom. The third kappa shape index (κ3) is 5.88. The van der Waals surface area contributed by atoms with E-state index in [1.807, 2.05) is 26.8 Å². The topological polar surface area (TPSA) is 30.5 Å². The van der Waals surface area contributed by atoms with Crippen molar-refractivity contribution in [1.29, 1.82) is 0 Å². The Morgan fingerprint density at radius 2 is 1.95 bits per heavy atom. The Bertz CT molecular complexity index is 439. The molecule has 0 atom stereocenters. The highest BCUT2D eigenvalue weighted by Crippen LogP contribution is 2.21. The van der Waals surface area contributed by atoms with Crippen molar-refractivity contribution in [2.24, 2.45) is 0 Å². The second-order valence-corrected chi connectivity index (χ2v) is 6.26. The molecule has 0 spiro atoms. The normalized spacial score (nSPS) is 15.4. The molecule has 4 heteroatoms. The van der Waals surface area contributed by atoms with Gasteiger partial charge >= 0.3 is 0 Å². The van der Waals surface area contributed by atoms with Gasteiger partial charge in [0.15, 0.2) is 0 Å². The summed E-state index contributed by atoms with van der Waals surface area (Å²) in [5.41, 5.74) is 0.744. The summed E-state index contributed by atoms with van der Waals surface area (Å²) in [6, 6.07) is 5.46. The van der Waals surface area contributed by atoms with Crippen molar-refractivity contribution in [3.8, 4) is 5.75 Å². The van der Waals surface area contributed by atoms with Crippen LogP contribution >= 0.6 is 0 Å². The number of hydrogen-bond donors (Lipinski definition) is 1. The molecule has 0 aromatic heterocycles. The van der Waals surface area contributed by atoms with Gasteiger partial charge in [0.25, 0.3) is 0 Å². The van der Waals surface area contributed by atoms with Gasteiger partial charge in [0.2, 0.25) is 0 Å². The SMILES string of the molecule is CC(C)(C)OCCOc1cc(F)cc(CNC2CC2)c1. The van der Waals surface area contributed by atoms with Gasteiger partial charge in [0.1, 0.15) is 18.2 Å². The molecule has 2 rings (SSSR count). The van der Waals surface area contributed by atoms with Crippen LogP contribution in [0.3, 0.4) is 0 Å². The van der Waals surface area contributed by atoms with Crippen molar-refractivity contribution in [1.82, 2.24) is 5.32 Å². The van der Waals surface area contributed by atoms with Crippen LogP contribution < -0.4 is 10.1 Å². The maximum atomic E-state index is 13.5. The first-order valence-electron chi connectivity index (χ1n) is 7.22. The van der Waals surface area contributed by atoms with Crippen molar-refractivity contribution in [2.45, 2.75) is 51.8 Å². The van der Waals surface area contributed by atoms with Gasteiger partial charge in [-0.15, -0.1) is 0 Å². The standard InChI is InChI=1S/C16H24FNO2/c1-16(2,3)20-7-6-19-15-9-12(8-13(17)10-15)11-18-14-4-5-14/h8-10,14,18H,4-7,11H2,1-3H3. The minimum Gasteiger partial charge on any atom is -0.491 e. The molecule has 0 heterocycles. The highest BCUT2D eigenvalue weighted by atomic mass is 19.1. The first kappa shape index (κ1) is 15.3. The van der Waals surface area contributed by atoms with Crippen molar-refractivity contribution >= 4 is 0 Å². The van der Waals surface area contributed by atoms with Crippen LogP contribution in [-0.2, 0) is 11.3 Å². The third-order valence-corrected chi connectivity index (χ3v) is 2.99. The van der Waals surface area contributed by atoms with E-state index in [9.17, 15) is 4.39 Å². The number of ether oxygens (including phenoxy) is 2. The minimum absolute atomic E-state index is 0.176. The molecule has 1 N–H and O–H groups in total. The lowest BCUT2D eigenvalue weighted by Crippen LogP contribution is -2.22. The number of hydrogen-bond acceptors (Lipinski definition) is 3. The van der Waals surface area contributed by atoms with E-state index in [1.165, 1.54) is 18.9 Å². The summed E-state index contributed by atoms with van der Waals surface area (Å²) in [6.07, 6.45) is 2.45. The van der Waals surface area contributed by atoms with Gasteiger partial charge < -0.3 is 14.8 Å². The first-order chi connectivity index (χ1) is 9.42. The average molecular weight is 281 g/mol. The van der Waals surface area contributed by atoms with E-state index < -0.39 is 0 Å². The zero-order valence-corrected chi connectivity index (χ0v) is 12.5. The molecule has 20 heavy (non-hydrogen) atoms. The maximum absolute atomic E-state index is 13.5. The van der Waals surface area contributed by atoms with E-state index in [-0.39, 0.29) is 11.4 Å². The number of halogens is 1. The second-order valence-electron chi connectivity index (χ2n) is 6.26. The Morgan fingerprint density at radius 3 is 2.60 bits per heavy atom. The molecular formula is C16H24FNO2. The molecule has 1 aromatic rings. The van der Waals surface area contributed by atoms with Crippen molar-refractivity contribution < 1.29 is 13.9 Å². The van der Waals surface area contributed by atoms with Crippen LogP contribution in [0.4, 0.5) is 4.39 Å². The highest BCUT2D eigenvalue weighted by molar-refractivity contribution is 5.29. The molecule has 0 amide bonds. The quantitative estimate of drug-likeness (QED) is 0.778. The fraction of sp³-hybridized carbons (Fsp3) is 0.625. The van der Waals surface area contributed by atoms with Crippen LogP contribution in [-0.4, -0.2) is 24.9 Å². The van der Waals surface area contributed by atoms with Crippen LogP contribution in [0.15, 0.2) is 18.2 Å². The maximum Gasteiger partial charge on any atom is 0.127 e.